The molecule has 10 nitrogen and oxygen atoms in total. The van der Waals surface area contributed by atoms with Gasteiger partial charge in [0.15, 0.2) is 5.78 Å². The van der Waals surface area contributed by atoms with Gasteiger partial charge < -0.3 is 24.9 Å². The number of carbonyl (C=O) groups excluding carboxylic acids is 3. The van der Waals surface area contributed by atoms with Gasteiger partial charge in [-0.3, -0.25) is 14.4 Å². The van der Waals surface area contributed by atoms with E-state index in [1.807, 2.05) is 30.3 Å². The third-order valence-corrected chi connectivity index (χ3v) is 7.12. The Morgan fingerprint density at radius 3 is 2.02 bits per heavy atom. The monoisotopic (exact) mass is 567 g/mol. The van der Waals surface area contributed by atoms with Crippen LogP contribution in [-0.2, 0) is 19.2 Å². The molecule has 1 atom stereocenters. The maximum absolute atomic E-state index is 13.3. The molecule has 2 aliphatic heterocycles. The lowest BCUT2D eigenvalue weighted by molar-refractivity contribution is -0.134. The van der Waals surface area contributed by atoms with Crippen LogP contribution in [0, 0.1) is 17.7 Å². The van der Waals surface area contributed by atoms with Gasteiger partial charge in [0.1, 0.15) is 5.82 Å². The number of benzene rings is 2. The zero-order valence-corrected chi connectivity index (χ0v) is 22.8. The van der Waals surface area contributed by atoms with Gasteiger partial charge in [0, 0.05) is 62.4 Å². The number of carboxylic acids is 2. The Balaban J connectivity index is 0.000000507. The molecule has 2 amide bonds. The molecule has 0 bridgehead atoms. The first kappa shape index (κ1) is 31.2. The minimum absolute atomic E-state index is 0.00857. The summed E-state index contributed by atoms with van der Waals surface area (Å²) in [5.41, 5.74) is 1.40. The van der Waals surface area contributed by atoms with E-state index in [0.29, 0.717) is 37.3 Å². The first-order valence-corrected chi connectivity index (χ1v) is 13.3. The average Bonchev–Trinajstić information content (AvgIpc) is 3.31. The van der Waals surface area contributed by atoms with Crippen LogP contribution in [0.5, 0.6) is 0 Å². The second-order valence-corrected chi connectivity index (χ2v) is 10.00. The first-order chi connectivity index (χ1) is 19.5. The van der Waals surface area contributed by atoms with Crippen molar-refractivity contribution in [2.24, 2.45) is 11.8 Å². The van der Waals surface area contributed by atoms with E-state index in [2.05, 4.69) is 4.90 Å². The number of anilines is 1. The van der Waals surface area contributed by atoms with Crippen LogP contribution in [0.2, 0.25) is 0 Å². The van der Waals surface area contributed by atoms with Crippen molar-refractivity contribution in [3.05, 3.63) is 78.1 Å². The summed E-state index contributed by atoms with van der Waals surface area (Å²) >= 11 is 0. The molecule has 2 aromatic rings. The Kier molecular flexibility index (Phi) is 11.3. The number of hydrogen-bond acceptors (Lipinski definition) is 6. The molecule has 41 heavy (non-hydrogen) atoms. The smallest absolute Gasteiger partial charge is 0.328 e. The maximum atomic E-state index is 13.3. The Hall–Kier alpha value is -4.38. The molecule has 2 N–H and O–H groups in total. The summed E-state index contributed by atoms with van der Waals surface area (Å²) in [5.74, 6) is -3.16. The van der Waals surface area contributed by atoms with Crippen molar-refractivity contribution in [3.8, 4) is 0 Å². The van der Waals surface area contributed by atoms with Crippen LogP contribution in [0.15, 0.2) is 66.7 Å². The van der Waals surface area contributed by atoms with Crippen LogP contribution in [0.3, 0.4) is 0 Å². The van der Waals surface area contributed by atoms with Crippen LogP contribution < -0.4 is 4.90 Å². The third kappa shape index (κ3) is 9.35. The highest BCUT2D eigenvalue weighted by Crippen LogP contribution is 2.25. The summed E-state index contributed by atoms with van der Waals surface area (Å²) in [6.07, 6.45) is 2.87. The van der Waals surface area contributed by atoms with Crippen molar-refractivity contribution >= 4 is 35.2 Å². The molecule has 0 aliphatic carbocycles. The van der Waals surface area contributed by atoms with Crippen molar-refractivity contribution in [1.82, 2.24) is 9.80 Å². The van der Waals surface area contributed by atoms with Gasteiger partial charge >= 0.3 is 11.9 Å². The first-order valence-electron chi connectivity index (χ1n) is 13.3. The van der Waals surface area contributed by atoms with Crippen molar-refractivity contribution in [2.45, 2.75) is 19.3 Å². The Morgan fingerprint density at radius 1 is 0.927 bits per heavy atom. The minimum atomic E-state index is -1.26. The van der Waals surface area contributed by atoms with E-state index in [0.717, 1.165) is 31.6 Å². The van der Waals surface area contributed by atoms with Crippen molar-refractivity contribution in [3.63, 3.8) is 0 Å². The fourth-order valence-corrected chi connectivity index (χ4v) is 4.88. The van der Waals surface area contributed by atoms with Gasteiger partial charge in [-0.25, -0.2) is 14.0 Å². The number of carbonyl (C=O) groups is 5. The van der Waals surface area contributed by atoms with Crippen LogP contribution in [-0.4, -0.2) is 89.3 Å². The van der Waals surface area contributed by atoms with Crippen LogP contribution >= 0.6 is 0 Å². The fourth-order valence-electron chi connectivity index (χ4n) is 4.88. The van der Waals surface area contributed by atoms with Gasteiger partial charge in [-0.2, -0.15) is 0 Å². The summed E-state index contributed by atoms with van der Waals surface area (Å²) in [4.78, 5) is 62.8. The molecule has 2 heterocycles. The van der Waals surface area contributed by atoms with Crippen LogP contribution in [0.25, 0.3) is 0 Å². The number of likely N-dealkylation sites (tertiary alicyclic amines) is 2. The third-order valence-electron chi connectivity index (χ3n) is 7.12. The number of para-hydroxylation sites is 1. The van der Waals surface area contributed by atoms with Gasteiger partial charge in [-0.1, -0.05) is 18.2 Å². The zero-order valence-electron chi connectivity index (χ0n) is 22.8. The van der Waals surface area contributed by atoms with Gasteiger partial charge in [0.2, 0.25) is 11.8 Å². The van der Waals surface area contributed by atoms with Gasteiger partial charge in [0.25, 0.3) is 0 Å². The second-order valence-electron chi connectivity index (χ2n) is 10.00. The average molecular weight is 568 g/mol. The number of rotatable bonds is 9. The summed E-state index contributed by atoms with van der Waals surface area (Å²) in [7, 11) is 1.74. The number of ketones is 1. The number of hydrogen-bond donors (Lipinski definition) is 2. The number of amides is 2. The highest BCUT2D eigenvalue weighted by molar-refractivity contribution is 5.99. The Morgan fingerprint density at radius 2 is 1.51 bits per heavy atom. The van der Waals surface area contributed by atoms with Crippen LogP contribution in [0.4, 0.5) is 10.1 Å². The van der Waals surface area contributed by atoms with E-state index < -0.39 is 11.9 Å². The maximum Gasteiger partial charge on any atom is 0.328 e. The molecule has 218 valence electrons. The Labute approximate surface area is 237 Å². The Bertz CT molecular complexity index is 1240. The molecule has 0 radical (unpaired) electrons. The highest BCUT2D eigenvalue weighted by Gasteiger charge is 2.35. The molecule has 0 saturated carbocycles. The number of Topliss-reactive ketones (excluding diaryl/α,β-unsaturated/α-hetero) is 1. The molecule has 4 rings (SSSR count). The molecular formula is C30H34FN3O7. The predicted octanol–water partition coefficient (Wildman–Crippen LogP) is 2.94. The van der Waals surface area contributed by atoms with Gasteiger partial charge in [0.05, 0.1) is 5.92 Å². The van der Waals surface area contributed by atoms with E-state index in [9.17, 15) is 28.4 Å². The predicted molar refractivity (Wildman–Crippen MR) is 149 cm³/mol. The van der Waals surface area contributed by atoms with E-state index in [4.69, 9.17) is 10.2 Å². The van der Waals surface area contributed by atoms with E-state index >= 15 is 0 Å². The standard InChI is InChI=1S/C26H30FN3O3.C4H4O4/c1-28-18-21(17-24(28)31)26(33)30(23-5-3-2-4-6-23)16-15-29-13-11-20(12-14-29)25(32)19-7-9-22(27)10-8-19;5-3(6)1-2-4(7)8/h2-10,20-21H,11-18H2,1H3;1-2H,(H,5,6)(H,7,8). The number of piperidine rings is 1. The summed E-state index contributed by atoms with van der Waals surface area (Å²) in [6, 6.07) is 15.3. The SMILES string of the molecule is CN1CC(C(=O)N(CCN2CCC(C(=O)c3ccc(F)cc3)CC2)c2ccccc2)CC1=O.O=C(O)C=CC(=O)O. The second kappa shape index (κ2) is 14.8. The number of halogens is 1. The topological polar surface area (TPSA) is 136 Å². The lowest BCUT2D eigenvalue weighted by atomic mass is 9.89. The number of carboxylic acid groups (broad SMARTS) is 2. The normalized spacial score (nSPS) is 17.7. The summed E-state index contributed by atoms with van der Waals surface area (Å²) in [6.45, 7) is 3.25. The number of nitrogens with zero attached hydrogens (tertiary/aromatic N) is 3. The molecule has 2 aliphatic rings. The van der Waals surface area contributed by atoms with Crippen molar-refractivity contribution in [1.29, 1.82) is 0 Å². The zero-order chi connectivity index (χ0) is 29.9. The van der Waals surface area contributed by atoms with E-state index in [1.54, 1.807) is 29.0 Å². The lowest BCUT2D eigenvalue weighted by Crippen LogP contribution is -2.44. The van der Waals surface area contributed by atoms with Crippen LogP contribution in [0.1, 0.15) is 29.6 Å². The van der Waals surface area contributed by atoms with Crippen molar-refractivity contribution in [2.75, 3.05) is 44.7 Å². The molecule has 2 aromatic carbocycles. The van der Waals surface area contributed by atoms with E-state index in [-0.39, 0.29) is 41.7 Å². The van der Waals surface area contributed by atoms with Gasteiger partial charge in [-0.15, -0.1) is 0 Å². The quantitative estimate of drug-likeness (QED) is 0.349. The van der Waals surface area contributed by atoms with E-state index in [1.165, 1.54) is 12.1 Å². The lowest BCUT2D eigenvalue weighted by Gasteiger charge is -2.33. The molecule has 11 heteroatoms. The molecule has 0 aromatic heterocycles. The molecular weight excluding hydrogens is 533 g/mol. The van der Waals surface area contributed by atoms with Gasteiger partial charge in [-0.05, 0) is 62.3 Å². The fraction of sp³-hybridized carbons (Fsp3) is 0.367. The van der Waals surface area contributed by atoms with Crippen molar-refractivity contribution < 1.29 is 38.6 Å². The molecule has 0 spiro atoms. The molecule has 2 saturated heterocycles. The molecule has 1 unspecified atom stereocenters. The number of aliphatic carboxylic acids is 2. The largest absolute Gasteiger partial charge is 0.478 e. The highest BCUT2D eigenvalue weighted by atomic mass is 19.1. The molecule has 2 fully saturated rings. The summed E-state index contributed by atoms with van der Waals surface area (Å²) < 4.78 is 13.1. The minimum Gasteiger partial charge on any atom is -0.478 e. The summed E-state index contributed by atoms with van der Waals surface area (Å²) in [5, 5.41) is 15.6.